The number of carbonyl (C=O) groups excluding carboxylic acids is 1. The zero-order valence-corrected chi connectivity index (χ0v) is 15.8. The monoisotopic (exact) mass is 392 g/mol. The van der Waals surface area contributed by atoms with Gasteiger partial charge in [0.15, 0.2) is 0 Å². The summed E-state index contributed by atoms with van der Waals surface area (Å²) in [6, 6.07) is 11.1. The fourth-order valence-electron chi connectivity index (χ4n) is 3.63. The molecule has 0 unspecified atom stereocenters. The van der Waals surface area contributed by atoms with Gasteiger partial charge in [-0.3, -0.25) is 14.6 Å². The number of rotatable bonds is 4. The molecule has 0 saturated carbocycles. The minimum Gasteiger partial charge on any atom is -0.342 e. The first-order valence-electron chi connectivity index (χ1n) is 9.62. The highest BCUT2D eigenvalue weighted by atomic mass is 19.1. The van der Waals surface area contributed by atoms with Gasteiger partial charge in [0.2, 0.25) is 5.91 Å². The van der Waals surface area contributed by atoms with Gasteiger partial charge in [0.25, 0.3) is 5.56 Å². The Balaban J connectivity index is 1.42. The van der Waals surface area contributed by atoms with Crippen LogP contribution < -0.4 is 5.56 Å². The Morgan fingerprint density at radius 2 is 1.79 bits per heavy atom. The van der Waals surface area contributed by atoms with Crippen LogP contribution in [0.3, 0.4) is 0 Å². The van der Waals surface area contributed by atoms with Crippen molar-refractivity contribution in [3.05, 3.63) is 82.4 Å². The number of hydrogen-bond acceptors (Lipinski definition) is 4. The minimum absolute atomic E-state index is 0.0297. The number of nitrogens with zero attached hydrogens (tertiary/aromatic N) is 3. The zero-order chi connectivity index (χ0) is 20.2. The summed E-state index contributed by atoms with van der Waals surface area (Å²) in [5.41, 5.74) is 2.09. The van der Waals surface area contributed by atoms with Gasteiger partial charge in [-0.25, -0.2) is 9.37 Å². The van der Waals surface area contributed by atoms with Crippen molar-refractivity contribution in [1.82, 2.24) is 19.9 Å². The molecule has 1 N–H and O–H groups in total. The van der Waals surface area contributed by atoms with E-state index >= 15 is 0 Å². The highest BCUT2D eigenvalue weighted by Crippen LogP contribution is 2.26. The first-order chi connectivity index (χ1) is 14.1. The Bertz CT molecular complexity index is 1040. The van der Waals surface area contributed by atoms with Crippen molar-refractivity contribution in [2.75, 3.05) is 13.1 Å². The molecule has 0 bridgehead atoms. The smallest absolute Gasteiger partial charge is 0.251 e. The molecule has 2 aromatic heterocycles. The van der Waals surface area contributed by atoms with Gasteiger partial charge < -0.3 is 9.88 Å². The summed E-state index contributed by atoms with van der Waals surface area (Å²) in [4.78, 5) is 38.0. The molecular weight excluding hydrogens is 371 g/mol. The summed E-state index contributed by atoms with van der Waals surface area (Å²) < 4.78 is 13.0. The third-order valence-electron chi connectivity index (χ3n) is 5.24. The predicted octanol–water partition coefficient (Wildman–Crippen LogP) is 2.92. The molecule has 148 valence electrons. The summed E-state index contributed by atoms with van der Waals surface area (Å²) in [7, 11) is 0. The van der Waals surface area contributed by atoms with Crippen LogP contribution in [-0.4, -0.2) is 38.8 Å². The van der Waals surface area contributed by atoms with Gasteiger partial charge in [-0.2, -0.15) is 0 Å². The van der Waals surface area contributed by atoms with Crippen molar-refractivity contribution >= 4 is 5.91 Å². The van der Waals surface area contributed by atoms with Crippen molar-refractivity contribution < 1.29 is 9.18 Å². The number of nitrogens with one attached hydrogen (secondary N) is 1. The SMILES string of the molecule is O=C(Cc1ccc(F)cc1)N1CCC(c2nc(-c3ccncc3)cc(=O)[nH]2)CC1. The van der Waals surface area contributed by atoms with E-state index in [1.165, 1.54) is 18.2 Å². The number of likely N-dealkylation sites (tertiary alicyclic amines) is 1. The van der Waals surface area contributed by atoms with Crippen LogP contribution in [-0.2, 0) is 11.2 Å². The third-order valence-corrected chi connectivity index (χ3v) is 5.24. The molecule has 1 saturated heterocycles. The van der Waals surface area contributed by atoms with Crippen molar-refractivity contribution in [2.45, 2.75) is 25.2 Å². The Kier molecular flexibility index (Phi) is 5.46. The number of piperidine rings is 1. The van der Waals surface area contributed by atoms with Crippen LogP contribution >= 0.6 is 0 Å². The number of pyridine rings is 1. The van der Waals surface area contributed by atoms with Crippen molar-refractivity contribution in [1.29, 1.82) is 0 Å². The molecule has 0 radical (unpaired) electrons. The molecular formula is C22H21FN4O2. The maximum Gasteiger partial charge on any atom is 0.251 e. The molecule has 1 aliphatic rings. The number of hydrogen-bond donors (Lipinski definition) is 1. The number of aromatic amines is 1. The van der Waals surface area contributed by atoms with Crippen LogP contribution in [0.15, 0.2) is 59.7 Å². The summed E-state index contributed by atoms with van der Waals surface area (Å²) in [6.07, 6.45) is 5.07. The Morgan fingerprint density at radius 3 is 2.48 bits per heavy atom. The maximum atomic E-state index is 13.0. The second-order valence-electron chi connectivity index (χ2n) is 7.21. The summed E-state index contributed by atoms with van der Waals surface area (Å²) in [6.45, 7) is 1.21. The average Bonchev–Trinajstić information content (AvgIpc) is 2.75. The first-order valence-corrected chi connectivity index (χ1v) is 9.62. The zero-order valence-electron chi connectivity index (χ0n) is 15.8. The van der Waals surface area contributed by atoms with Gasteiger partial charge in [-0.1, -0.05) is 12.1 Å². The van der Waals surface area contributed by atoms with E-state index in [2.05, 4.69) is 15.0 Å². The number of aromatic nitrogens is 3. The average molecular weight is 392 g/mol. The molecule has 1 aliphatic heterocycles. The molecule has 0 aliphatic carbocycles. The minimum atomic E-state index is -0.308. The standard InChI is InChI=1S/C22H21FN4O2/c23-18-3-1-15(2-4-18)13-21(29)27-11-7-17(8-12-27)22-25-19(14-20(28)26-22)16-5-9-24-10-6-16/h1-6,9-10,14,17H,7-8,11-13H2,(H,25,26,28). The lowest BCUT2D eigenvalue weighted by atomic mass is 9.95. The topological polar surface area (TPSA) is 79.0 Å². The van der Waals surface area contributed by atoms with Crippen LogP contribution in [0.5, 0.6) is 0 Å². The van der Waals surface area contributed by atoms with E-state index in [-0.39, 0.29) is 29.6 Å². The van der Waals surface area contributed by atoms with Gasteiger partial charge in [0.05, 0.1) is 12.1 Å². The molecule has 1 fully saturated rings. The molecule has 29 heavy (non-hydrogen) atoms. The van der Waals surface area contributed by atoms with Gasteiger partial charge in [0.1, 0.15) is 11.6 Å². The second kappa shape index (κ2) is 8.34. The summed E-state index contributed by atoms with van der Waals surface area (Å²) >= 11 is 0. The fraction of sp³-hybridized carbons (Fsp3) is 0.273. The molecule has 6 nitrogen and oxygen atoms in total. The second-order valence-corrected chi connectivity index (χ2v) is 7.21. The number of carbonyl (C=O) groups is 1. The van der Waals surface area contributed by atoms with Crippen LogP contribution in [0.25, 0.3) is 11.3 Å². The van der Waals surface area contributed by atoms with Crippen LogP contribution in [0.2, 0.25) is 0 Å². The van der Waals surface area contributed by atoms with E-state index in [1.807, 2.05) is 17.0 Å². The maximum absolute atomic E-state index is 13.0. The number of H-pyrrole nitrogens is 1. The largest absolute Gasteiger partial charge is 0.342 e. The molecule has 1 amide bonds. The summed E-state index contributed by atoms with van der Waals surface area (Å²) in [5.74, 6) is 0.480. The Hall–Kier alpha value is -3.35. The predicted molar refractivity (Wildman–Crippen MR) is 107 cm³/mol. The van der Waals surface area contributed by atoms with Gasteiger partial charge in [0, 0.05) is 43.0 Å². The van der Waals surface area contributed by atoms with Gasteiger partial charge >= 0.3 is 0 Å². The quantitative estimate of drug-likeness (QED) is 0.741. The summed E-state index contributed by atoms with van der Waals surface area (Å²) in [5, 5.41) is 0. The van der Waals surface area contributed by atoms with E-state index < -0.39 is 0 Å². The van der Waals surface area contributed by atoms with Crippen LogP contribution in [0.4, 0.5) is 4.39 Å². The van der Waals surface area contributed by atoms with Gasteiger partial charge in [-0.15, -0.1) is 0 Å². The van der Waals surface area contributed by atoms with Crippen LogP contribution in [0, 0.1) is 5.82 Å². The van der Waals surface area contributed by atoms with Crippen molar-refractivity contribution in [2.24, 2.45) is 0 Å². The van der Waals surface area contributed by atoms with Crippen LogP contribution in [0.1, 0.15) is 30.1 Å². The highest BCUT2D eigenvalue weighted by Gasteiger charge is 2.25. The molecule has 3 aromatic rings. The lowest BCUT2D eigenvalue weighted by molar-refractivity contribution is -0.131. The van der Waals surface area contributed by atoms with E-state index in [0.717, 1.165) is 24.0 Å². The molecule has 7 heteroatoms. The first kappa shape index (κ1) is 19.0. The van der Waals surface area contributed by atoms with Gasteiger partial charge in [-0.05, 0) is 42.7 Å². The molecule has 3 heterocycles. The third kappa shape index (κ3) is 4.56. The Labute approximate surface area is 167 Å². The normalized spacial score (nSPS) is 14.7. The lowest BCUT2D eigenvalue weighted by Crippen LogP contribution is -2.39. The number of benzene rings is 1. The highest BCUT2D eigenvalue weighted by molar-refractivity contribution is 5.78. The van der Waals surface area contributed by atoms with E-state index in [1.54, 1.807) is 24.5 Å². The molecule has 1 aromatic carbocycles. The molecule has 4 rings (SSSR count). The number of amides is 1. The number of halogens is 1. The Morgan fingerprint density at radius 1 is 1.10 bits per heavy atom. The molecule has 0 spiro atoms. The molecule has 0 atom stereocenters. The van der Waals surface area contributed by atoms with E-state index in [0.29, 0.717) is 24.6 Å². The fourth-order valence-corrected chi connectivity index (χ4v) is 3.63. The van der Waals surface area contributed by atoms with E-state index in [9.17, 15) is 14.0 Å². The lowest BCUT2D eigenvalue weighted by Gasteiger charge is -2.31. The van der Waals surface area contributed by atoms with Crippen molar-refractivity contribution in [3.8, 4) is 11.3 Å². The van der Waals surface area contributed by atoms with E-state index in [4.69, 9.17) is 0 Å². The van der Waals surface area contributed by atoms with Crippen molar-refractivity contribution in [3.63, 3.8) is 0 Å².